The summed E-state index contributed by atoms with van der Waals surface area (Å²) in [4.78, 5) is 32.8. The third-order valence-electron chi connectivity index (χ3n) is 5.76. The van der Waals surface area contributed by atoms with E-state index in [1.807, 2.05) is 12.3 Å². The van der Waals surface area contributed by atoms with Gasteiger partial charge in [0.2, 0.25) is 0 Å². The van der Waals surface area contributed by atoms with Gasteiger partial charge in [-0.2, -0.15) is 0 Å². The van der Waals surface area contributed by atoms with Crippen LogP contribution in [-0.4, -0.2) is 76.5 Å². The minimum atomic E-state index is -0.701. The SMILES string of the molecule is CCOC(O)CCN1CCN(c2cnc(C(=O)Nc3nc(-c4cc(C)c(C)s4)cs3)cn2)CC1. The Morgan fingerprint density at radius 1 is 1.24 bits per heavy atom. The Morgan fingerprint density at radius 2 is 2.03 bits per heavy atom. The average Bonchev–Trinajstić information content (AvgIpc) is 3.44. The Labute approximate surface area is 207 Å². The molecule has 11 heteroatoms. The average molecular weight is 503 g/mol. The molecule has 1 unspecified atom stereocenters. The second kappa shape index (κ2) is 11.3. The van der Waals surface area contributed by atoms with Gasteiger partial charge in [0.25, 0.3) is 5.91 Å². The van der Waals surface area contributed by atoms with Crippen molar-refractivity contribution in [2.45, 2.75) is 33.5 Å². The third-order valence-corrected chi connectivity index (χ3v) is 7.69. The summed E-state index contributed by atoms with van der Waals surface area (Å²) in [5.74, 6) is 0.432. The highest BCUT2D eigenvalue weighted by molar-refractivity contribution is 7.17. The van der Waals surface area contributed by atoms with Crippen LogP contribution in [0, 0.1) is 13.8 Å². The number of carbonyl (C=O) groups excluding carboxylic acids is 1. The topological polar surface area (TPSA) is 104 Å². The van der Waals surface area contributed by atoms with Crippen molar-refractivity contribution in [2.75, 3.05) is 49.5 Å². The van der Waals surface area contributed by atoms with Gasteiger partial charge >= 0.3 is 0 Å². The monoisotopic (exact) mass is 502 g/mol. The van der Waals surface area contributed by atoms with Gasteiger partial charge in [0.1, 0.15) is 11.5 Å². The van der Waals surface area contributed by atoms with Gasteiger partial charge in [-0.05, 0) is 32.4 Å². The summed E-state index contributed by atoms with van der Waals surface area (Å²) < 4.78 is 5.18. The largest absolute Gasteiger partial charge is 0.368 e. The van der Waals surface area contributed by atoms with Gasteiger partial charge in [0.05, 0.1) is 23.0 Å². The number of amides is 1. The van der Waals surface area contributed by atoms with E-state index in [4.69, 9.17) is 4.74 Å². The zero-order chi connectivity index (χ0) is 24.1. The number of thiophene rings is 1. The number of rotatable bonds is 9. The molecule has 34 heavy (non-hydrogen) atoms. The predicted octanol–water partition coefficient (Wildman–Crippen LogP) is 3.40. The van der Waals surface area contributed by atoms with E-state index in [9.17, 15) is 9.90 Å². The molecule has 0 bridgehead atoms. The number of ether oxygens (including phenoxy) is 1. The second-order valence-electron chi connectivity index (χ2n) is 8.13. The van der Waals surface area contributed by atoms with Crippen molar-refractivity contribution < 1.29 is 14.6 Å². The number of aliphatic hydroxyl groups excluding tert-OH is 1. The molecule has 0 aromatic carbocycles. The molecule has 3 aromatic rings. The van der Waals surface area contributed by atoms with E-state index in [0.717, 1.165) is 49.1 Å². The number of hydrogen-bond donors (Lipinski definition) is 2. The van der Waals surface area contributed by atoms with Gasteiger partial charge < -0.3 is 14.7 Å². The predicted molar refractivity (Wildman–Crippen MR) is 136 cm³/mol. The van der Waals surface area contributed by atoms with E-state index in [0.29, 0.717) is 18.2 Å². The second-order valence-corrected chi connectivity index (χ2v) is 10.2. The number of thiazole rings is 1. The molecular formula is C23H30N6O3S2. The Morgan fingerprint density at radius 3 is 2.68 bits per heavy atom. The van der Waals surface area contributed by atoms with Crippen LogP contribution in [0.5, 0.6) is 0 Å². The number of nitrogens with zero attached hydrogens (tertiary/aromatic N) is 5. The first-order chi connectivity index (χ1) is 16.4. The quantitative estimate of drug-likeness (QED) is 0.429. The summed E-state index contributed by atoms with van der Waals surface area (Å²) in [6.07, 6.45) is 3.06. The Bertz CT molecular complexity index is 1070. The summed E-state index contributed by atoms with van der Waals surface area (Å²) in [7, 11) is 0. The number of carbonyl (C=O) groups is 1. The molecule has 0 aliphatic carbocycles. The molecule has 1 atom stereocenters. The number of aryl methyl sites for hydroxylation is 2. The van der Waals surface area contributed by atoms with Crippen LogP contribution in [0.3, 0.4) is 0 Å². The van der Waals surface area contributed by atoms with Crippen molar-refractivity contribution in [2.24, 2.45) is 0 Å². The highest BCUT2D eigenvalue weighted by atomic mass is 32.1. The van der Waals surface area contributed by atoms with Gasteiger partial charge in [-0.1, -0.05) is 0 Å². The first kappa shape index (κ1) is 24.7. The molecule has 1 aliphatic heterocycles. The zero-order valence-corrected chi connectivity index (χ0v) is 21.3. The van der Waals surface area contributed by atoms with E-state index >= 15 is 0 Å². The Kier molecular flexibility index (Phi) is 8.22. The van der Waals surface area contributed by atoms with Gasteiger partial charge in [0, 0.05) is 56.0 Å². The molecule has 9 nitrogen and oxygen atoms in total. The van der Waals surface area contributed by atoms with Gasteiger partial charge in [-0.25, -0.2) is 15.0 Å². The molecule has 1 amide bonds. The summed E-state index contributed by atoms with van der Waals surface area (Å²) >= 11 is 3.10. The molecule has 0 radical (unpaired) electrons. The fourth-order valence-corrected chi connectivity index (χ4v) is 5.45. The molecular weight excluding hydrogens is 472 g/mol. The van der Waals surface area contributed by atoms with Crippen LogP contribution >= 0.6 is 22.7 Å². The summed E-state index contributed by atoms with van der Waals surface area (Å²) in [6, 6.07) is 2.12. The van der Waals surface area contributed by atoms with E-state index in [1.54, 1.807) is 17.5 Å². The van der Waals surface area contributed by atoms with Crippen LogP contribution in [0.15, 0.2) is 23.8 Å². The maximum absolute atomic E-state index is 12.6. The molecule has 182 valence electrons. The minimum absolute atomic E-state index is 0.256. The fraction of sp³-hybridized carbons (Fsp3) is 0.478. The summed E-state index contributed by atoms with van der Waals surface area (Å²) in [6.45, 7) is 10.7. The lowest BCUT2D eigenvalue weighted by atomic mass is 10.2. The number of nitrogens with one attached hydrogen (secondary N) is 1. The lowest BCUT2D eigenvalue weighted by Crippen LogP contribution is -2.47. The van der Waals surface area contributed by atoms with Crippen LogP contribution in [0.1, 0.15) is 34.3 Å². The molecule has 4 heterocycles. The molecule has 1 saturated heterocycles. The van der Waals surface area contributed by atoms with Gasteiger partial charge in [-0.3, -0.25) is 15.0 Å². The van der Waals surface area contributed by atoms with Crippen molar-refractivity contribution in [3.63, 3.8) is 0 Å². The molecule has 0 saturated carbocycles. The van der Waals surface area contributed by atoms with Crippen molar-refractivity contribution in [1.29, 1.82) is 0 Å². The van der Waals surface area contributed by atoms with Crippen LogP contribution in [0.4, 0.5) is 10.9 Å². The molecule has 1 fully saturated rings. The maximum atomic E-state index is 12.6. The third kappa shape index (κ3) is 6.16. The Balaban J connectivity index is 1.28. The fourth-order valence-electron chi connectivity index (χ4n) is 3.68. The molecule has 1 aliphatic rings. The van der Waals surface area contributed by atoms with E-state index in [1.165, 1.54) is 28.0 Å². The van der Waals surface area contributed by atoms with E-state index in [2.05, 4.69) is 50.0 Å². The number of aliphatic hydroxyl groups is 1. The highest BCUT2D eigenvalue weighted by Crippen LogP contribution is 2.32. The highest BCUT2D eigenvalue weighted by Gasteiger charge is 2.20. The number of aromatic nitrogens is 3. The lowest BCUT2D eigenvalue weighted by Gasteiger charge is -2.35. The first-order valence-electron chi connectivity index (χ1n) is 11.4. The van der Waals surface area contributed by atoms with Crippen molar-refractivity contribution in [1.82, 2.24) is 19.9 Å². The number of anilines is 2. The number of hydrogen-bond acceptors (Lipinski definition) is 10. The zero-order valence-electron chi connectivity index (χ0n) is 19.7. The normalized spacial score (nSPS) is 15.5. The summed E-state index contributed by atoms with van der Waals surface area (Å²) in [5.41, 5.74) is 2.37. The van der Waals surface area contributed by atoms with Crippen LogP contribution in [-0.2, 0) is 4.74 Å². The molecule has 0 spiro atoms. The van der Waals surface area contributed by atoms with Crippen molar-refractivity contribution >= 4 is 39.5 Å². The standard InChI is InChI=1S/C23H30N6O3S2/c1-4-32-21(30)5-6-28-7-9-29(10-8-28)20-13-24-17(12-25-20)22(31)27-23-26-18(14-33-23)19-11-15(2)16(3)34-19/h11-14,21,30H,4-10H2,1-3H3,(H,26,27,31). The van der Waals surface area contributed by atoms with Crippen LogP contribution < -0.4 is 10.2 Å². The maximum Gasteiger partial charge on any atom is 0.277 e. The minimum Gasteiger partial charge on any atom is -0.368 e. The summed E-state index contributed by atoms with van der Waals surface area (Å²) in [5, 5.41) is 15.0. The lowest BCUT2D eigenvalue weighted by molar-refractivity contribution is -0.102. The van der Waals surface area contributed by atoms with Crippen molar-refractivity contribution in [3.8, 4) is 10.6 Å². The van der Waals surface area contributed by atoms with Crippen LogP contribution in [0.25, 0.3) is 10.6 Å². The van der Waals surface area contributed by atoms with E-state index in [-0.39, 0.29) is 11.6 Å². The van der Waals surface area contributed by atoms with Crippen LogP contribution in [0.2, 0.25) is 0 Å². The first-order valence-corrected chi connectivity index (χ1v) is 13.1. The van der Waals surface area contributed by atoms with Gasteiger partial charge in [0.15, 0.2) is 11.4 Å². The molecule has 3 aromatic heterocycles. The number of piperazine rings is 1. The van der Waals surface area contributed by atoms with Gasteiger partial charge in [-0.15, -0.1) is 22.7 Å². The molecule has 2 N–H and O–H groups in total. The molecule has 4 rings (SSSR count). The Hall–Kier alpha value is -2.44. The van der Waals surface area contributed by atoms with Crippen molar-refractivity contribution in [3.05, 3.63) is 40.0 Å². The smallest absolute Gasteiger partial charge is 0.277 e. The van der Waals surface area contributed by atoms with E-state index < -0.39 is 6.29 Å².